The molecule has 3 rings (SSSR count). The summed E-state index contributed by atoms with van der Waals surface area (Å²) in [7, 11) is 0. The Morgan fingerprint density at radius 2 is 1.70 bits per heavy atom. The number of esters is 1. The molecular weight excluding hydrogens is 470 g/mol. The van der Waals surface area contributed by atoms with Crippen molar-refractivity contribution in [3.05, 3.63) is 77.5 Å². The van der Waals surface area contributed by atoms with Crippen LogP contribution >= 0.6 is 0 Å². The Hall–Kier alpha value is -4.14. The first kappa shape index (κ1) is 27.4. The molecule has 0 saturated heterocycles. The number of anilines is 1. The summed E-state index contributed by atoms with van der Waals surface area (Å²) in [5.41, 5.74) is 3.29. The van der Waals surface area contributed by atoms with E-state index in [0.717, 1.165) is 22.5 Å². The molecule has 0 bridgehead atoms. The molecule has 2 N–H and O–H groups in total. The minimum absolute atomic E-state index is 0.188. The largest absolute Gasteiger partial charge is 0.465 e. The average molecular weight is 506 g/mol. The van der Waals surface area contributed by atoms with Gasteiger partial charge in [0.25, 0.3) is 0 Å². The van der Waals surface area contributed by atoms with Crippen LogP contribution in [0.25, 0.3) is 5.69 Å². The zero-order chi connectivity index (χ0) is 27.0. The monoisotopic (exact) mass is 505 g/mol. The second kappa shape index (κ2) is 12.2. The van der Waals surface area contributed by atoms with E-state index in [0.29, 0.717) is 5.82 Å². The Kier molecular flexibility index (Phi) is 9.05. The maximum atomic E-state index is 13.2. The summed E-state index contributed by atoms with van der Waals surface area (Å²) in [6.07, 6.45) is 0. The van der Waals surface area contributed by atoms with Gasteiger partial charge in [0.1, 0.15) is 18.9 Å². The molecule has 1 heterocycles. The lowest BCUT2D eigenvalue weighted by molar-refractivity contribution is -0.141. The van der Waals surface area contributed by atoms with E-state index in [2.05, 4.69) is 31.4 Å². The van der Waals surface area contributed by atoms with Gasteiger partial charge in [0.2, 0.25) is 5.91 Å². The van der Waals surface area contributed by atoms with Crippen LogP contribution in [0.5, 0.6) is 0 Å². The Morgan fingerprint density at radius 3 is 2.35 bits per heavy atom. The van der Waals surface area contributed by atoms with Crippen LogP contribution in [0.15, 0.2) is 60.7 Å². The fraction of sp³-hybridized carbons (Fsp3) is 0.357. The van der Waals surface area contributed by atoms with Gasteiger partial charge in [-0.15, -0.1) is 0 Å². The van der Waals surface area contributed by atoms with E-state index in [-0.39, 0.29) is 31.7 Å². The van der Waals surface area contributed by atoms with Gasteiger partial charge in [-0.05, 0) is 31.0 Å². The van der Waals surface area contributed by atoms with Crippen LogP contribution in [0.1, 0.15) is 44.5 Å². The highest BCUT2D eigenvalue weighted by Crippen LogP contribution is 2.27. The highest BCUT2D eigenvalue weighted by Gasteiger charge is 2.24. The normalized spacial score (nSPS) is 11.1. The molecule has 0 atom stereocenters. The minimum atomic E-state index is -0.546. The number of hydrogen-bond donors (Lipinski definition) is 2. The van der Waals surface area contributed by atoms with Crippen molar-refractivity contribution in [2.24, 2.45) is 0 Å². The quantitative estimate of drug-likeness (QED) is 0.424. The smallest absolute Gasteiger partial charge is 0.325 e. The molecule has 196 valence electrons. The SMILES string of the molecule is CCOC(=O)CNC(=O)N(CC(=O)Nc1cc(C(C)(C)C)nn1-c1ccccc1C)Cc1ccccc1. The highest BCUT2D eigenvalue weighted by molar-refractivity contribution is 5.94. The Balaban J connectivity index is 1.83. The number of hydrogen-bond acceptors (Lipinski definition) is 5. The Bertz CT molecular complexity index is 1230. The van der Waals surface area contributed by atoms with Crippen molar-refractivity contribution >= 4 is 23.7 Å². The molecule has 0 aliphatic carbocycles. The van der Waals surface area contributed by atoms with Crippen molar-refractivity contribution in [2.75, 3.05) is 25.0 Å². The molecule has 0 aliphatic rings. The lowest BCUT2D eigenvalue weighted by Crippen LogP contribution is -2.45. The molecule has 3 amide bonds. The van der Waals surface area contributed by atoms with Crippen LogP contribution in [0.3, 0.4) is 0 Å². The van der Waals surface area contributed by atoms with E-state index in [1.54, 1.807) is 11.6 Å². The molecule has 0 fully saturated rings. The van der Waals surface area contributed by atoms with E-state index in [9.17, 15) is 14.4 Å². The number of para-hydroxylation sites is 1. The number of rotatable bonds is 9. The van der Waals surface area contributed by atoms with Gasteiger partial charge in [-0.1, -0.05) is 69.3 Å². The second-order valence-electron chi connectivity index (χ2n) is 9.72. The molecule has 0 saturated carbocycles. The number of aromatic nitrogens is 2. The summed E-state index contributed by atoms with van der Waals surface area (Å²) >= 11 is 0. The fourth-order valence-corrected chi connectivity index (χ4v) is 3.65. The molecule has 9 nitrogen and oxygen atoms in total. The van der Waals surface area contributed by atoms with Crippen LogP contribution in [0.4, 0.5) is 10.6 Å². The molecule has 1 aromatic heterocycles. The number of amides is 3. The number of benzene rings is 2. The van der Waals surface area contributed by atoms with Crippen molar-refractivity contribution in [3.63, 3.8) is 0 Å². The molecule has 0 aliphatic heterocycles. The van der Waals surface area contributed by atoms with Crippen molar-refractivity contribution in [3.8, 4) is 5.69 Å². The molecule has 0 spiro atoms. The Labute approximate surface area is 217 Å². The molecule has 2 aromatic carbocycles. The van der Waals surface area contributed by atoms with Crippen LogP contribution < -0.4 is 10.6 Å². The van der Waals surface area contributed by atoms with E-state index in [1.165, 1.54) is 4.90 Å². The first-order chi connectivity index (χ1) is 17.6. The number of nitrogens with zero attached hydrogens (tertiary/aromatic N) is 3. The van der Waals surface area contributed by atoms with Crippen LogP contribution in [0, 0.1) is 6.92 Å². The van der Waals surface area contributed by atoms with Crippen molar-refractivity contribution in [1.29, 1.82) is 0 Å². The van der Waals surface area contributed by atoms with Gasteiger partial charge >= 0.3 is 12.0 Å². The number of nitrogens with one attached hydrogen (secondary N) is 2. The third kappa shape index (κ3) is 7.67. The summed E-state index contributed by atoms with van der Waals surface area (Å²) in [5.74, 6) is -0.426. The lowest BCUT2D eigenvalue weighted by atomic mass is 9.92. The van der Waals surface area contributed by atoms with Crippen molar-refractivity contribution in [2.45, 2.75) is 46.6 Å². The maximum absolute atomic E-state index is 13.2. The van der Waals surface area contributed by atoms with Gasteiger partial charge in [0, 0.05) is 18.0 Å². The van der Waals surface area contributed by atoms with Crippen LogP contribution in [0.2, 0.25) is 0 Å². The number of carbonyl (C=O) groups excluding carboxylic acids is 3. The van der Waals surface area contributed by atoms with E-state index in [1.807, 2.05) is 67.6 Å². The average Bonchev–Trinajstić information content (AvgIpc) is 3.27. The summed E-state index contributed by atoms with van der Waals surface area (Å²) < 4.78 is 6.60. The van der Waals surface area contributed by atoms with Crippen molar-refractivity contribution in [1.82, 2.24) is 20.0 Å². The molecule has 0 unspecified atom stereocenters. The summed E-state index contributed by atoms with van der Waals surface area (Å²) in [5, 5.41) is 10.2. The number of urea groups is 1. The zero-order valence-electron chi connectivity index (χ0n) is 22.1. The van der Waals surface area contributed by atoms with Crippen molar-refractivity contribution < 1.29 is 19.1 Å². The molecule has 37 heavy (non-hydrogen) atoms. The standard InChI is InChI=1S/C28H35N5O4/c1-6-37-26(35)17-29-27(36)32(18-21-13-8-7-9-14-21)19-25(34)30-24-16-23(28(3,4)5)31-33(24)22-15-11-10-12-20(22)2/h7-16H,6,17-19H2,1-5H3,(H,29,36)(H,30,34). The molecular formula is C28H35N5O4. The lowest BCUT2D eigenvalue weighted by Gasteiger charge is -2.23. The number of carbonyl (C=O) groups is 3. The van der Waals surface area contributed by atoms with E-state index >= 15 is 0 Å². The molecule has 9 heteroatoms. The number of aryl methyl sites for hydroxylation is 1. The first-order valence-corrected chi connectivity index (χ1v) is 12.3. The summed E-state index contributed by atoms with van der Waals surface area (Å²) in [4.78, 5) is 39.2. The topological polar surface area (TPSA) is 106 Å². The van der Waals surface area contributed by atoms with Gasteiger partial charge in [0.05, 0.1) is 18.0 Å². The van der Waals surface area contributed by atoms with Gasteiger partial charge in [-0.2, -0.15) is 5.10 Å². The van der Waals surface area contributed by atoms with Crippen LogP contribution in [-0.4, -0.2) is 52.3 Å². The fourth-order valence-electron chi connectivity index (χ4n) is 3.65. The van der Waals surface area contributed by atoms with E-state index < -0.39 is 17.9 Å². The second-order valence-corrected chi connectivity index (χ2v) is 9.72. The molecule has 3 aromatic rings. The van der Waals surface area contributed by atoms with Gasteiger partial charge in [0.15, 0.2) is 0 Å². The third-order valence-corrected chi connectivity index (χ3v) is 5.62. The predicted octanol–water partition coefficient (Wildman–Crippen LogP) is 4.19. The van der Waals surface area contributed by atoms with Gasteiger partial charge in [-0.3, -0.25) is 9.59 Å². The maximum Gasteiger partial charge on any atom is 0.325 e. The zero-order valence-corrected chi connectivity index (χ0v) is 22.1. The number of ether oxygens (including phenoxy) is 1. The first-order valence-electron chi connectivity index (χ1n) is 12.3. The van der Waals surface area contributed by atoms with E-state index in [4.69, 9.17) is 9.84 Å². The Morgan fingerprint density at radius 1 is 1.03 bits per heavy atom. The van der Waals surface area contributed by atoms with Gasteiger partial charge in [-0.25, -0.2) is 9.48 Å². The third-order valence-electron chi connectivity index (χ3n) is 5.62. The summed E-state index contributed by atoms with van der Waals surface area (Å²) in [6, 6.07) is 18.4. The van der Waals surface area contributed by atoms with Gasteiger partial charge < -0.3 is 20.3 Å². The highest BCUT2D eigenvalue weighted by atomic mass is 16.5. The molecule has 0 radical (unpaired) electrons. The minimum Gasteiger partial charge on any atom is -0.465 e. The van der Waals surface area contributed by atoms with Crippen LogP contribution in [-0.2, 0) is 26.3 Å². The summed E-state index contributed by atoms with van der Waals surface area (Å²) in [6.45, 7) is 9.73. The predicted molar refractivity (Wildman–Crippen MR) is 143 cm³/mol.